The first-order valence-electron chi connectivity index (χ1n) is 12.2. The third-order valence-corrected chi connectivity index (χ3v) is 6.58. The summed E-state index contributed by atoms with van der Waals surface area (Å²) in [6.07, 6.45) is 9.72. The molecule has 0 amide bonds. The molecule has 1 aromatic carbocycles. The number of imidazole rings is 1. The van der Waals surface area contributed by atoms with Crippen molar-refractivity contribution < 1.29 is 14.2 Å². The van der Waals surface area contributed by atoms with Crippen molar-refractivity contribution in [3.05, 3.63) is 76.4 Å². The maximum Gasteiger partial charge on any atom is 0.298 e. The second kappa shape index (κ2) is 10.1. The molecule has 36 heavy (non-hydrogen) atoms. The van der Waals surface area contributed by atoms with Crippen LogP contribution >= 0.6 is 0 Å². The molecular formula is C27H31N5O4. The van der Waals surface area contributed by atoms with Crippen LogP contribution in [0.2, 0.25) is 0 Å². The molecule has 0 aliphatic heterocycles. The first kappa shape index (κ1) is 24.0. The number of methoxy groups -OCH3 is 1. The molecule has 0 bridgehead atoms. The van der Waals surface area contributed by atoms with Gasteiger partial charge >= 0.3 is 0 Å². The van der Waals surface area contributed by atoms with Crippen LogP contribution in [-0.2, 0) is 23.5 Å². The Labute approximate surface area is 209 Å². The predicted molar refractivity (Wildman–Crippen MR) is 135 cm³/mol. The van der Waals surface area contributed by atoms with Gasteiger partial charge in [-0.15, -0.1) is 0 Å². The van der Waals surface area contributed by atoms with E-state index < -0.39 is 5.60 Å². The van der Waals surface area contributed by atoms with Gasteiger partial charge in [0.15, 0.2) is 22.7 Å². The van der Waals surface area contributed by atoms with E-state index in [0.717, 1.165) is 29.7 Å². The van der Waals surface area contributed by atoms with Crippen molar-refractivity contribution in [2.24, 2.45) is 0 Å². The lowest BCUT2D eigenvalue weighted by atomic mass is 10.1. The van der Waals surface area contributed by atoms with Gasteiger partial charge in [0.2, 0.25) is 0 Å². The number of nitrogens with zero attached hydrogens (tertiary/aromatic N) is 4. The number of ether oxygens (including phenoxy) is 3. The Kier molecular flexibility index (Phi) is 6.73. The second-order valence-corrected chi connectivity index (χ2v) is 9.63. The topological polar surface area (TPSA) is 104 Å². The second-order valence-electron chi connectivity index (χ2n) is 9.63. The molecule has 1 saturated carbocycles. The summed E-state index contributed by atoms with van der Waals surface area (Å²) >= 11 is 0. The number of pyridine rings is 1. The molecule has 0 unspecified atom stereocenters. The van der Waals surface area contributed by atoms with Crippen LogP contribution in [-0.4, -0.2) is 37.7 Å². The monoisotopic (exact) mass is 489 g/mol. The van der Waals surface area contributed by atoms with E-state index >= 15 is 0 Å². The minimum atomic E-state index is -0.755. The van der Waals surface area contributed by atoms with Crippen molar-refractivity contribution >= 4 is 11.2 Å². The number of hydrogen-bond acceptors (Lipinski definition) is 7. The molecule has 0 saturated heterocycles. The smallest absolute Gasteiger partial charge is 0.298 e. The van der Waals surface area contributed by atoms with Gasteiger partial charge in [-0.25, -0.2) is 4.98 Å². The van der Waals surface area contributed by atoms with Gasteiger partial charge in [-0.2, -0.15) is 4.98 Å². The number of rotatable bonds is 9. The number of H-pyrrole nitrogens is 1. The van der Waals surface area contributed by atoms with Crippen LogP contribution < -0.4 is 15.0 Å². The quantitative estimate of drug-likeness (QED) is 0.373. The molecule has 9 heteroatoms. The Hall–Kier alpha value is -3.72. The van der Waals surface area contributed by atoms with E-state index in [4.69, 9.17) is 19.2 Å². The third-order valence-electron chi connectivity index (χ3n) is 6.58. The molecule has 0 radical (unpaired) electrons. The highest BCUT2D eigenvalue weighted by molar-refractivity contribution is 5.70. The fourth-order valence-corrected chi connectivity index (χ4v) is 4.47. The summed E-state index contributed by atoms with van der Waals surface area (Å²) in [6, 6.07) is 9.71. The molecule has 0 atom stereocenters. The van der Waals surface area contributed by atoms with Crippen molar-refractivity contribution in [1.29, 1.82) is 0 Å². The van der Waals surface area contributed by atoms with Crippen LogP contribution in [0.3, 0.4) is 0 Å². The van der Waals surface area contributed by atoms with Crippen molar-refractivity contribution in [2.75, 3.05) is 7.11 Å². The van der Waals surface area contributed by atoms with E-state index in [-0.39, 0.29) is 11.7 Å². The maximum atomic E-state index is 12.6. The molecule has 188 valence electrons. The lowest BCUT2D eigenvalue weighted by Gasteiger charge is -2.22. The fourth-order valence-electron chi connectivity index (χ4n) is 4.47. The van der Waals surface area contributed by atoms with Gasteiger partial charge in [0.25, 0.3) is 5.56 Å². The Morgan fingerprint density at radius 1 is 1.08 bits per heavy atom. The van der Waals surface area contributed by atoms with E-state index in [1.54, 1.807) is 19.5 Å². The molecule has 1 N–H and O–H groups in total. The molecule has 1 aliphatic carbocycles. The summed E-state index contributed by atoms with van der Waals surface area (Å²) in [5, 5.41) is 0. The van der Waals surface area contributed by atoms with Crippen molar-refractivity contribution in [3.8, 4) is 11.5 Å². The lowest BCUT2D eigenvalue weighted by molar-refractivity contribution is -0.0393. The molecule has 9 nitrogen and oxygen atoms in total. The number of hydrogen-bond donors (Lipinski definition) is 1. The number of nitrogens with one attached hydrogen (secondary N) is 1. The third kappa shape index (κ3) is 5.11. The van der Waals surface area contributed by atoms with Crippen LogP contribution in [0.15, 0.2) is 53.8 Å². The predicted octanol–water partition coefficient (Wildman–Crippen LogP) is 4.34. The van der Waals surface area contributed by atoms with Crippen LogP contribution in [0.1, 0.15) is 56.5 Å². The molecule has 5 rings (SSSR count). The van der Waals surface area contributed by atoms with Crippen LogP contribution in [0.5, 0.6) is 11.5 Å². The van der Waals surface area contributed by atoms with E-state index in [9.17, 15) is 4.79 Å². The van der Waals surface area contributed by atoms with E-state index in [1.807, 2.05) is 48.7 Å². The number of benzene rings is 1. The zero-order chi connectivity index (χ0) is 25.1. The average molecular weight is 490 g/mol. The molecular weight excluding hydrogens is 458 g/mol. The summed E-state index contributed by atoms with van der Waals surface area (Å²) in [5.41, 5.74) is 1.77. The zero-order valence-electron chi connectivity index (χ0n) is 20.9. The standard InChI is InChI=1S/C27H31N5O4/c1-27(2,35-16-18-10-12-28-13-11-18)26-30-23-24(31-26)32(17-29-25(23)33)15-19-8-9-21(34-3)22(14-19)36-20-6-4-5-7-20/h8-14,17,20H,4-7,15-16H2,1-3H3,(H,30,31). The largest absolute Gasteiger partial charge is 0.493 e. The Balaban J connectivity index is 1.41. The minimum Gasteiger partial charge on any atom is -0.493 e. The SMILES string of the molecule is COc1ccc(Cn2cnc(=O)c3[nH]c(C(C)(C)OCc4ccncc4)nc32)cc1OC1CCCC1. The van der Waals surface area contributed by atoms with Crippen LogP contribution in [0.25, 0.3) is 11.2 Å². The Morgan fingerprint density at radius 3 is 2.61 bits per heavy atom. The van der Waals surface area contributed by atoms with Gasteiger partial charge < -0.3 is 23.8 Å². The molecule has 3 heterocycles. The van der Waals surface area contributed by atoms with Gasteiger partial charge in [0.1, 0.15) is 17.8 Å². The van der Waals surface area contributed by atoms with E-state index in [1.165, 1.54) is 19.2 Å². The van der Waals surface area contributed by atoms with Crippen molar-refractivity contribution in [2.45, 2.75) is 64.4 Å². The molecule has 1 fully saturated rings. The molecule has 1 aliphatic rings. The lowest BCUT2D eigenvalue weighted by Crippen LogP contribution is -2.23. The summed E-state index contributed by atoms with van der Waals surface area (Å²) in [6.45, 7) is 4.70. The summed E-state index contributed by atoms with van der Waals surface area (Å²) < 4.78 is 19.8. The van der Waals surface area contributed by atoms with Crippen molar-refractivity contribution in [3.63, 3.8) is 0 Å². The van der Waals surface area contributed by atoms with E-state index in [2.05, 4.69) is 15.0 Å². The summed E-state index contributed by atoms with van der Waals surface area (Å²) in [5.74, 6) is 2.01. The Morgan fingerprint density at radius 2 is 1.86 bits per heavy atom. The minimum absolute atomic E-state index is 0.221. The van der Waals surface area contributed by atoms with Gasteiger partial charge in [-0.05, 0) is 74.9 Å². The van der Waals surface area contributed by atoms with Crippen molar-refractivity contribution in [1.82, 2.24) is 24.5 Å². The molecule has 4 aromatic rings. The highest BCUT2D eigenvalue weighted by Crippen LogP contribution is 2.33. The number of aromatic amines is 1. The normalized spacial score (nSPS) is 14.4. The fraction of sp³-hybridized carbons (Fsp3) is 0.407. The first-order chi connectivity index (χ1) is 17.4. The van der Waals surface area contributed by atoms with Crippen LogP contribution in [0.4, 0.5) is 0 Å². The van der Waals surface area contributed by atoms with Gasteiger partial charge in [0.05, 0.1) is 26.4 Å². The Bertz CT molecular complexity index is 1390. The summed E-state index contributed by atoms with van der Waals surface area (Å²) in [4.78, 5) is 28.6. The summed E-state index contributed by atoms with van der Waals surface area (Å²) in [7, 11) is 1.65. The maximum absolute atomic E-state index is 12.6. The number of aromatic nitrogens is 5. The molecule has 0 spiro atoms. The average Bonchev–Trinajstić information content (AvgIpc) is 3.57. The highest BCUT2D eigenvalue weighted by Gasteiger charge is 2.27. The van der Waals surface area contributed by atoms with E-state index in [0.29, 0.717) is 35.9 Å². The van der Waals surface area contributed by atoms with Crippen LogP contribution in [0, 0.1) is 0 Å². The number of fused-ring (bicyclic) bond motifs is 1. The van der Waals surface area contributed by atoms with Gasteiger partial charge in [-0.3, -0.25) is 9.78 Å². The zero-order valence-corrected chi connectivity index (χ0v) is 20.9. The van der Waals surface area contributed by atoms with Gasteiger partial charge in [0, 0.05) is 12.4 Å². The molecule has 3 aromatic heterocycles. The van der Waals surface area contributed by atoms with Gasteiger partial charge in [-0.1, -0.05) is 6.07 Å². The highest BCUT2D eigenvalue weighted by atomic mass is 16.5. The first-order valence-corrected chi connectivity index (χ1v) is 12.2.